The zero-order chi connectivity index (χ0) is 14.4. The van der Waals surface area contributed by atoms with Crippen molar-refractivity contribution in [1.29, 1.82) is 5.26 Å². The van der Waals surface area contributed by atoms with Crippen molar-refractivity contribution in [1.82, 2.24) is 0 Å². The fourth-order valence-corrected chi connectivity index (χ4v) is 1.90. The minimum absolute atomic E-state index is 0.0411. The smallest absolute Gasteiger partial charge is 0.224 e. The molecule has 2 rings (SSSR count). The van der Waals surface area contributed by atoms with E-state index in [1.807, 2.05) is 31.2 Å². The van der Waals surface area contributed by atoms with Gasteiger partial charge in [-0.3, -0.25) is 4.79 Å². The van der Waals surface area contributed by atoms with Crippen molar-refractivity contribution in [2.45, 2.75) is 19.8 Å². The first-order valence-corrected chi connectivity index (χ1v) is 6.53. The lowest BCUT2D eigenvalue weighted by atomic mass is 10.1. The highest BCUT2D eigenvalue weighted by Crippen LogP contribution is 2.11. The Balaban J connectivity index is 1.89. The number of carbonyl (C=O) groups excluding carboxylic acids is 1. The van der Waals surface area contributed by atoms with Gasteiger partial charge in [-0.1, -0.05) is 35.9 Å². The molecular weight excluding hydrogens is 248 g/mol. The van der Waals surface area contributed by atoms with Crippen LogP contribution in [0, 0.1) is 18.3 Å². The fraction of sp³-hybridized carbons (Fsp3) is 0.176. The first kappa shape index (κ1) is 13.8. The monoisotopic (exact) mass is 264 g/mol. The number of amides is 1. The summed E-state index contributed by atoms with van der Waals surface area (Å²) in [6, 6.07) is 17.1. The molecule has 0 atom stereocenters. The van der Waals surface area contributed by atoms with Gasteiger partial charge in [0.15, 0.2) is 0 Å². The van der Waals surface area contributed by atoms with Crippen LogP contribution < -0.4 is 5.32 Å². The van der Waals surface area contributed by atoms with Crippen LogP contribution in [0.4, 0.5) is 5.69 Å². The summed E-state index contributed by atoms with van der Waals surface area (Å²) in [5.74, 6) is -0.0411. The van der Waals surface area contributed by atoms with Crippen molar-refractivity contribution in [2.24, 2.45) is 0 Å². The van der Waals surface area contributed by atoms with E-state index in [-0.39, 0.29) is 5.91 Å². The molecule has 0 saturated carbocycles. The van der Waals surface area contributed by atoms with Crippen LogP contribution in [0.25, 0.3) is 0 Å². The van der Waals surface area contributed by atoms with Gasteiger partial charge >= 0.3 is 0 Å². The third-order valence-corrected chi connectivity index (χ3v) is 3.04. The number of nitrogens with zero attached hydrogens (tertiary/aromatic N) is 1. The zero-order valence-electron chi connectivity index (χ0n) is 11.4. The lowest BCUT2D eigenvalue weighted by Gasteiger charge is -2.06. The van der Waals surface area contributed by atoms with Gasteiger partial charge < -0.3 is 5.32 Å². The van der Waals surface area contributed by atoms with Crippen LogP contribution in [-0.2, 0) is 11.2 Å². The van der Waals surface area contributed by atoms with E-state index in [2.05, 4.69) is 11.4 Å². The Bertz CT molecular complexity index is 639. The summed E-state index contributed by atoms with van der Waals surface area (Å²) >= 11 is 0. The summed E-state index contributed by atoms with van der Waals surface area (Å²) < 4.78 is 0. The van der Waals surface area contributed by atoms with Crippen molar-refractivity contribution in [3.05, 3.63) is 65.2 Å². The van der Waals surface area contributed by atoms with E-state index in [1.165, 1.54) is 5.56 Å². The number of aryl methyl sites for hydroxylation is 2. The molecule has 100 valence electrons. The van der Waals surface area contributed by atoms with Gasteiger partial charge in [-0.15, -0.1) is 0 Å². The maximum absolute atomic E-state index is 11.9. The molecule has 2 aromatic carbocycles. The number of anilines is 1. The molecule has 0 radical (unpaired) electrons. The number of benzene rings is 2. The van der Waals surface area contributed by atoms with Crippen molar-refractivity contribution in [2.75, 3.05) is 5.32 Å². The summed E-state index contributed by atoms with van der Waals surface area (Å²) in [5.41, 5.74) is 3.57. The van der Waals surface area contributed by atoms with Crippen molar-refractivity contribution in [3.63, 3.8) is 0 Å². The summed E-state index contributed by atoms with van der Waals surface area (Å²) in [7, 11) is 0. The van der Waals surface area contributed by atoms with Crippen LogP contribution in [0.1, 0.15) is 23.1 Å². The normalized spacial score (nSPS) is 9.80. The molecular formula is C17H16N2O. The van der Waals surface area contributed by atoms with Crippen LogP contribution in [-0.4, -0.2) is 5.91 Å². The largest absolute Gasteiger partial charge is 0.326 e. The number of rotatable bonds is 4. The van der Waals surface area contributed by atoms with Crippen LogP contribution >= 0.6 is 0 Å². The van der Waals surface area contributed by atoms with Gasteiger partial charge in [-0.05, 0) is 37.1 Å². The van der Waals surface area contributed by atoms with Gasteiger partial charge in [0.2, 0.25) is 5.91 Å². The number of carbonyl (C=O) groups is 1. The van der Waals surface area contributed by atoms with Gasteiger partial charge in [-0.2, -0.15) is 5.26 Å². The second-order valence-corrected chi connectivity index (χ2v) is 4.73. The molecule has 3 heteroatoms. The average molecular weight is 264 g/mol. The van der Waals surface area contributed by atoms with Gasteiger partial charge in [-0.25, -0.2) is 0 Å². The van der Waals surface area contributed by atoms with Gasteiger partial charge in [0.25, 0.3) is 0 Å². The molecule has 0 aromatic heterocycles. The molecule has 0 spiro atoms. The first-order chi connectivity index (χ1) is 9.67. The van der Waals surface area contributed by atoms with E-state index in [1.54, 1.807) is 24.3 Å². The topological polar surface area (TPSA) is 52.9 Å². The molecule has 1 N–H and O–H groups in total. The van der Waals surface area contributed by atoms with E-state index in [0.717, 1.165) is 5.56 Å². The molecule has 0 saturated heterocycles. The van der Waals surface area contributed by atoms with Gasteiger partial charge in [0, 0.05) is 12.1 Å². The molecule has 0 aliphatic carbocycles. The number of nitrogens with one attached hydrogen (secondary N) is 1. The quantitative estimate of drug-likeness (QED) is 0.919. The molecule has 2 aromatic rings. The average Bonchev–Trinajstić information content (AvgIpc) is 2.47. The minimum Gasteiger partial charge on any atom is -0.326 e. The van der Waals surface area contributed by atoms with Crippen molar-refractivity contribution in [3.8, 4) is 6.07 Å². The van der Waals surface area contributed by atoms with E-state index in [0.29, 0.717) is 24.1 Å². The van der Waals surface area contributed by atoms with E-state index in [4.69, 9.17) is 5.26 Å². The van der Waals surface area contributed by atoms with Crippen LogP contribution in [0.2, 0.25) is 0 Å². The van der Waals surface area contributed by atoms with Crippen LogP contribution in [0.5, 0.6) is 0 Å². The van der Waals surface area contributed by atoms with Gasteiger partial charge in [0.05, 0.1) is 11.6 Å². The summed E-state index contributed by atoms with van der Waals surface area (Å²) in [6.45, 7) is 2.04. The fourth-order valence-electron chi connectivity index (χ4n) is 1.90. The Kier molecular flexibility index (Phi) is 4.52. The molecule has 0 aliphatic rings. The van der Waals surface area contributed by atoms with E-state index in [9.17, 15) is 4.79 Å². The lowest BCUT2D eigenvalue weighted by Crippen LogP contribution is -2.12. The Morgan fingerprint density at radius 1 is 1.20 bits per heavy atom. The standard InChI is InChI=1S/C17H16N2O/c1-13-5-7-14(8-6-13)9-10-17(20)19-16-4-2-3-15(11-16)12-18/h2-8,11H,9-10H2,1H3,(H,19,20). The molecule has 0 unspecified atom stereocenters. The molecule has 1 amide bonds. The number of hydrogen-bond acceptors (Lipinski definition) is 2. The Morgan fingerprint density at radius 3 is 2.65 bits per heavy atom. The van der Waals surface area contributed by atoms with Crippen LogP contribution in [0.15, 0.2) is 48.5 Å². The minimum atomic E-state index is -0.0411. The number of hydrogen-bond donors (Lipinski definition) is 1. The van der Waals surface area contributed by atoms with Gasteiger partial charge in [0.1, 0.15) is 0 Å². The molecule has 0 heterocycles. The summed E-state index contributed by atoms with van der Waals surface area (Å²) in [4.78, 5) is 11.9. The third kappa shape index (κ3) is 3.96. The highest BCUT2D eigenvalue weighted by atomic mass is 16.1. The zero-order valence-corrected chi connectivity index (χ0v) is 11.4. The molecule has 20 heavy (non-hydrogen) atoms. The highest BCUT2D eigenvalue weighted by Gasteiger charge is 2.03. The maximum atomic E-state index is 11.9. The third-order valence-electron chi connectivity index (χ3n) is 3.04. The SMILES string of the molecule is Cc1ccc(CCC(=O)Nc2cccc(C#N)c2)cc1. The Hall–Kier alpha value is -2.60. The predicted molar refractivity (Wildman–Crippen MR) is 79.3 cm³/mol. The molecule has 0 aliphatic heterocycles. The molecule has 0 bridgehead atoms. The Labute approximate surface area is 118 Å². The second-order valence-electron chi connectivity index (χ2n) is 4.73. The predicted octanol–water partition coefficient (Wildman–Crippen LogP) is 3.44. The summed E-state index contributed by atoms with van der Waals surface area (Å²) in [6.07, 6.45) is 1.14. The van der Waals surface area contributed by atoms with Crippen molar-refractivity contribution < 1.29 is 4.79 Å². The van der Waals surface area contributed by atoms with Crippen LogP contribution in [0.3, 0.4) is 0 Å². The number of nitriles is 1. The lowest BCUT2D eigenvalue weighted by molar-refractivity contribution is -0.116. The maximum Gasteiger partial charge on any atom is 0.224 e. The van der Waals surface area contributed by atoms with E-state index < -0.39 is 0 Å². The van der Waals surface area contributed by atoms with Crippen molar-refractivity contribution >= 4 is 11.6 Å². The Morgan fingerprint density at radius 2 is 1.95 bits per heavy atom. The first-order valence-electron chi connectivity index (χ1n) is 6.53. The second kappa shape index (κ2) is 6.53. The van der Waals surface area contributed by atoms with E-state index >= 15 is 0 Å². The molecule has 0 fully saturated rings. The summed E-state index contributed by atoms with van der Waals surface area (Å²) in [5, 5.41) is 11.6. The highest BCUT2D eigenvalue weighted by molar-refractivity contribution is 5.91. The molecule has 3 nitrogen and oxygen atoms in total.